The number of rotatable bonds is 6. The number of nitrogens with zero attached hydrogens (tertiary/aromatic N) is 1. The molecular weight excluding hydrogens is 216 g/mol. The Labute approximate surface area is 103 Å². The number of hydrogen-bond donors (Lipinski definition) is 1. The topological polar surface area (TPSA) is 57.4 Å². The number of hydrogen-bond acceptors (Lipinski definition) is 4. The summed E-state index contributed by atoms with van der Waals surface area (Å²) in [6, 6.07) is 0. The van der Waals surface area contributed by atoms with E-state index in [9.17, 15) is 0 Å². The summed E-state index contributed by atoms with van der Waals surface area (Å²) in [6.07, 6.45) is 2.03. The second-order valence-electron chi connectivity index (χ2n) is 4.40. The van der Waals surface area contributed by atoms with Gasteiger partial charge in [-0.25, -0.2) is 0 Å². The predicted molar refractivity (Wildman–Crippen MR) is 68.9 cm³/mol. The molecule has 0 aromatic carbocycles. The van der Waals surface area contributed by atoms with Gasteiger partial charge in [-0.2, -0.15) is 0 Å². The molecule has 0 spiro atoms. The number of nitrogen functional groups attached to an aromatic ring is 1. The molecule has 0 unspecified atom stereocenters. The lowest BCUT2D eigenvalue weighted by Crippen LogP contribution is -2.10. The summed E-state index contributed by atoms with van der Waals surface area (Å²) in [6.45, 7) is 9.61. The van der Waals surface area contributed by atoms with Gasteiger partial charge in [0.25, 0.3) is 0 Å². The van der Waals surface area contributed by atoms with Crippen molar-refractivity contribution in [3.63, 3.8) is 0 Å². The molecule has 0 aliphatic rings. The van der Waals surface area contributed by atoms with E-state index in [0.717, 1.165) is 22.5 Å². The number of nitrogens with two attached hydrogens (primary N) is 1. The summed E-state index contributed by atoms with van der Waals surface area (Å²) in [4.78, 5) is 4.33. The maximum atomic E-state index is 5.93. The molecule has 0 bridgehead atoms. The van der Waals surface area contributed by atoms with Crippen molar-refractivity contribution in [2.24, 2.45) is 0 Å². The minimum absolute atomic E-state index is 0.244. The molecule has 0 radical (unpaired) electrons. The third-order valence-electron chi connectivity index (χ3n) is 2.59. The highest BCUT2D eigenvalue weighted by Crippen LogP contribution is 2.18. The quantitative estimate of drug-likeness (QED) is 0.772. The van der Waals surface area contributed by atoms with Gasteiger partial charge >= 0.3 is 0 Å². The van der Waals surface area contributed by atoms with E-state index in [1.165, 1.54) is 0 Å². The van der Waals surface area contributed by atoms with Crippen LogP contribution in [0.3, 0.4) is 0 Å². The van der Waals surface area contributed by atoms with E-state index in [0.29, 0.717) is 19.8 Å². The molecule has 0 saturated heterocycles. The fourth-order valence-corrected chi connectivity index (χ4v) is 1.45. The van der Waals surface area contributed by atoms with Gasteiger partial charge in [0.1, 0.15) is 0 Å². The van der Waals surface area contributed by atoms with Crippen LogP contribution in [0, 0.1) is 13.8 Å². The van der Waals surface area contributed by atoms with Crippen molar-refractivity contribution in [1.29, 1.82) is 0 Å². The van der Waals surface area contributed by atoms with Crippen LogP contribution < -0.4 is 5.73 Å². The van der Waals surface area contributed by atoms with E-state index in [1.54, 1.807) is 6.20 Å². The molecule has 0 atom stereocenters. The van der Waals surface area contributed by atoms with Crippen LogP contribution in [-0.2, 0) is 16.1 Å². The van der Waals surface area contributed by atoms with E-state index < -0.39 is 0 Å². The zero-order valence-corrected chi connectivity index (χ0v) is 11.1. The molecular formula is C13H22N2O2. The van der Waals surface area contributed by atoms with E-state index in [4.69, 9.17) is 15.2 Å². The number of ether oxygens (including phenoxy) is 2. The number of aryl methyl sites for hydroxylation is 1. The molecule has 1 heterocycles. The van der Waals surface area contributed by atoms with Gasteiger partial charge in [-0.3, -0.25) is 4.98 Å². The minimum atomic E-state index is 0.244. The van der Waals surface area contributed by atoms with Crippen LogP contribution in [0.1, 0.15) is 30.7 Å². The monoisotopic (exact) mass is 238 g/mol. The SMILES string of the molecule is Cc1cnc(COCCOC(C)C)c(C)c1N. The first-order valence-corrected chi connectivity index (χ1v) is 5.92. The zero-order chi connectivity index (χ0) is 12.8. The fraction of sp³-hybridized carbons (Fsp3) is 0.615. The Morgan fingerprint density at radius 3 is 2.65 bits per heavy atom. The summed E-state index contributed by atoms with van der Waals surface area (Å²) in [5.41, 5.74) is 9.65. The molecule has 0 amide bonds. The summed E-state index contributed by atoms with van der Waals surface area (Å²) >= 11 is 0. The Balaban J connectivity index is 2.40. The van der Waals surface area contributed by atoms with Gasteiger partial charge < -0.3 is 15.2 Å². The Morgan fingerprint density at radius 1 is 1.29 bits per heavy atom. The molecule has 0 aliphatic heterocycles. The molecule has 0 fully saturated rings. The standard InChI is InChI=1S/C13H22N2O2/c1-9(2)17-6-5-16-8-12-11(4)13(14)10(3)7-15-12/h7,9H,5-6,8H2,1-4H3,(H2,14,15). The van der Waals surface area contributed by atoms with Crippen molar-refractivity contribution < 1.29 is 9.47 Å². The van der Waals surface area contributed by atoms with Gasteiger partial charge in [0.2, 0.25) is 0 Å². The second-order valence-corrected chi connectivity index (χ2v) is 4.40. The maximum Gasteiger partial charge on any atom is 0.0892 e. The molecule has 1 aromatic rings. The molecule has 1 rings (SSSR count). The Hall–Kier alpha value is -1.13. The highest BCUT2D eigenvalue weighted by Gasteiger charge is 2.06. The molecule has 1 aromatic heterocycles. The smallest absolute Gasteiger partial charge is 0.0892 e. The van der Waals surface area contributed by atoms with Gasteiger partial charge in [-0.15, -0.1) is 0 Å². The van der Waals surface area contributed by atoms with E-state index in [1.807, 2.05) is 27.7 Å². The molecule has 17 heavy (non-hydrogen) atoms. The molecule has 2 N–H and O–H groups in total. The number of pyridine rings is 1. The molecule has 0 aliphatic carbocycles. The average Bonchev–Trinajstić information content (AvgIpc) is 2.28. The van der Waals surface area contributed by atoms with Crippen molar-refractivity contribution in [3.8, 4) is 0 Å². The van der Waals surface area contributed by atoms with Gasteiger partial charge in [-0.05, 0) is 38.8 Å². The van der Waals surface area contributed by atoms with Crippen LogP contribution in [0.25, 0.3) is 0 Å². The summed E-state index contributed by atoms with van der Waals surface area (Å²) < 4.78 is 10.9. The molecule has 96 valence electrons. The first-order valence-electron chi connectivity index (χ1n) is 5.92. The van der Waals surface area contributed by atoms with Crippen LogP contribution in [0.2, 0.25) is 0 Å². The second kappa shape index (κ2) is 6.57. The average molecular weight is 238 g/mol. The minimum Gasteiger partial charge on any atom is -0.398 e. The Kier molecular flexibility index (Phi) is 5.38. The van der Waals surface area contributed by atoms with E-state index in [-0.39, 0.29) is 6.10 Å². The molecule has 4 heteroatoms. The maximum absolute atomic E-state index is 5.93. The van der Waals surface area contributed by atoms with Gasteiger partial charge in [-0.1, -0.05) is 0 Å². The lowest BCUT2D eigenvalue weighted by molar-refractivity contribution is 0.0134. The number of aromatic nitrogens is 1. The van der Waals surface area contributed by atoms with Crippen LogP contribution in [-0.4, -0.2) is 24.3 Å². The van der Waals surface area contributed by atoms with Crippen molar-refractivity contribution in [3.05, 3.63) is 23.0 Å². The summed E-state index contributed by atoms with van der Waals surface area (Å²) in [7, 11) is 0. The highest BCUT2D eigenvalue weighted by atomic mass is 16.5. The number of anilines is 1. The summed E-state index contributed by atoms with van der Waals surface area (Å²) in [5.74, 6) is 0. The van der Waals surface area contributed by atoms with Gasteiger partial charge in [0, 0.05) is 11.9 Å². The van der Waals surface area contributed by atoms with Gasteiger partial charge in [0.15, 0.2) is 0 Å². The van der Waals surface area contributed by atoms with Crippen molar-refractivity contribution >= 4 is 5.69 Å². The van der Waals surface area contributed by atoms with E-state index in [2.05, 4.69) is 4.98 Å². The first-order chi connectivity index (χ1) is 8.02. The van der Waals surface area contributed by atoms with Crippen molar-refractivity contribution in [2.45, 2.75) is 40.4 Å². The van der Waals surface area contributed by atoms with Crippen molar-refractivity contribution in [1.82, 2.24) is 4.98 Å². The zero-order valence-electron chi connectivity index (χ0n) is 11.1. The fourth-order valence-electron chi connectivity index (χ4n) is 1.45. The Morgan fingerprint density at radius 2 is 2.00 bits per heavy atom. The van der Waals surface area contributed by atoms with E-state index >= 15 is 0 Å². The van der Waals surface area contributed by atoms with Crippen LogP contribution in [0.4, 0.5) is 5.69 Å². The van der Waals surface area contributed by atoms with Crippen LogP contribution in [0.5, 0.6) is 0 Å². The lowest BCUT2D eigenvalue weighted by atomic mass is 10.1. The molecule has 0 saturated carbocycles. The van der Waals surface area contributed by atoms with Gasteiger partial charge in [0.05, 0.1) is 31.6 Å². The predicted octanol–water partition coefficient (Wildman–Crippen LogP) is 2.22. The summed E-state index contributed by atoms with van der Waals surface area (Å²) in [5, 5.41) is 0. The highest BCUT2D eigenvalue weighted by molar-refractivity contribution is 5.53. The van der Waals surface area contributed by atoms with Crippen LogP contribution in [0.15, 0.2) is 6.20 Å². The third kappa shape index (κ3) is 4.32. The molecule has 4 nitrogen and oxygen atoms in total. The normalized spacial score (nSPS) is 11.1. The van der Waals surface area contributed by atoms with Crippen LogP contribution >= 0.6 is 0 Å². The first kappa shape index (κ1) is 13.9. The third-order valence-corrected chi connectivity index (χ3v) is 2.59. The van der Waals surface area contributed by atoms with Crippen molar-refractivity contribution in [2.75, 3.05) is 18.9 Å². The lowest BCUT2D eigenvalue weighted by Gasteiger charge is -2.11. The largest absolute Gasteiger partial charge is 0.398 e. The Bertz CT molecular complexity index is 365.